The van der Waals surface area contributed by atoms with Gasteiger partial charge in [-0.25, -0.2) is 0 Å². The summed E-state index contributed by atoms with van der Waals surface area (Å²) in [5.74, 6) is 0. The third-order valence-corrected chi connectivity index (χ3v) is 2.46. The standard InChI is InChI=1S/C8H13Br/c9-8-6-4-2-1-3-5-7-8/h6H,1-5,7H2. The molecule has 0 unspecified atom stereocenters. The van der Waals surface area contributed by atoms with E-state index in [9.17, 15) is 0 Å². The second-order valence-corrected chi connectivity index (χ2v) is 3.62. The molecule has 0 nitrogen and oxygen atoms in total. The number of hydrogen-bond donors (Lipinski definition) is 0. The predicted molar refractivity (Wildman–Crippen MR) is 44.7 cm³/mol. The van der Waals surface area contributed by atoms with Gasteiger partial charge in [-0.1, -0.05) is 34.8 Å². The Bertz CT molecular complexity index is 105. The Labute approximate surface area is 65.5 Å². The van der Waals surface area contributed by atoms with Crippen LogP contribution in [0.1, 0.15) is 38.5 Å². The van der Waals surface area contributed by atoms with Crippen LogP contribution in [0, 0.1) is 0 Å². The van der Waals surface area contributed by atoms with Gasteiger partial charge >= 0.3 is 0 Å². The molecule has 52 valence electrons. The van der Waals surface area contributed by atoms with Crippen LogP contribution >= 0.6 is 15.9 Å². The first-order valence-electron chi connectivity index (χ1n) is 3.74. The number of halogens is 1. The van der Waals surface area contributed by atoms with E-state index < -0.39 is 0 Å². The zero-order chi connectivity index (χ0) is 6.53. The SMILES string of the molecule is BrC1=CCCCCCC1. The van der Waals surface area contributed by atoms with E-state index >= 15 is 0 Å². The molecule has 1 rings (SSSR count). The Morgan fingerprint density at radius 3 is 2.78 bits per heavy atom. The van der Waals surface area contributed by atoms with Gasteiger partial charge in [0.05, 0.1) is 0 Å². The Balaban J connectivity index is 2.32. The fraction of sp³-hybridized carbons (Fsp3) is 0.750. The fourth-order valence-electron chi connectivity index (χ4n) is 1.15. The summed E-state index contributed by atoms with van der Waals surface area (Å²) in [7, 11) is 0. The first-order chi connectivity index (χ1) is 4.39. The Morgan fingerprint density at radius 1 is 1.11 bits per heavy atom. The molecule has 0 atom stereocenters. The van der Waals surface area contributed by atoms with Crippen molar-refractivity contribution in [2.75, 3.05) is 0 Å². The van der Waals surface area contributed by atoms with Crippen molar-refractivity contribution >= 4 is 15.9 Å². The number of allylic oxidation sites excluding steroid dienone is 2. The molecule has 0 heterocycles. The lowest BCUT2D eigenvalue weighted by atomic mass is 10.1. The quantitative estimate of drug-likeness (QED) is 0.545. The van der Waals surface area contributed by atoms with Gasteiger partial charge in [0.2, 0.25) is 0 Å². The first kappa shape index (κ1) is 7.33. The van der Waals surface area contributed by atoms with E-state index in [4.69, 9.17) is 0 Å². The van der Waals surface area contributed by atoms with Gasteiger partial charge in [-0.2, -0.15) is 0 Å². The third-order valence-electron chi connectivity index (χ3n) is 1.74. The lowest BCUT2D eigenvalue weighted by molar-refractivity contribution is 0.635. The minimum Gasteiger partial charge on any atom is -0.0744 e. The zero-order valence-electron chi connectivity index (χ0n) is 5.70. The van der Waals surface area contributed by atoms with Gasteiger partial charge in [-0.3, -0.25) is 0 Å². The molecular weight excluding hydrogens is 176 g/mol. The van der Waals surface area contributed by atoms with Gasteiger partial charge in [0.1, 0.15) is 0 Å². The molecule has 1 heteroatoms. The maximum atomic E-state index is 3.53. The van der Waals surface area contributed by atoms with Crippen molar-refractivity contribution in [1.82, 2.24) is 0 Å². The molecule has 0 bridgehead atoms. The summed E-state index contributed by atoms with van der Waals surface area (Å²) < 4.78 is 1.42. The Hall–Kier alpha value is 0.220. The summed E-state index contributed by atoms with van der Waals surface area (Å²) in [4.78, 5) is 0. The van der Waals surface area contributed by atoms with Crippen molar-refractivity contribution in [3.63, 3.8) is 0 Å². The fourth-order valence-corrected chi connectivity index (χ4v) is 1.66. The monoisotopic (exact) mass is 188 g/mol. The largest absolute Gasteiger partial charge is 0.0744 e. The summed E-state index contributed by atoms with van der Waals surface area (Å²) in [6.07, 6.45) is 10.5. The number of hydrogen-bond acceptors (Lipinski definition) is 0. The molecular formula is C8H13Br. The second-order valence-electron chi connectivity index (χ2n) is 2.60. The summed E-state index contributed by atoms with van der Waals surface area (Å²) in [5.41, 5.74) is 0. The van der Waals surface area contributed by atoms with Crippen LogP contribution in [-0.2, 0) is 0 Å². The molecule has 0 aromatic carbocycles. The molecule has 0 radical (unpaired) electrons. The van der Waals surface area contributed by atoms with Gasteiger partial charge in [0.25, 0.3) is 0 Å². The Kier molecular flexibility index (Phi) is 3.34. The van der Waals surface area contributed by atoms with Crippen LogP contribution in [0.5, 0.6) is 0 Å². The van der Waals surface area contributed by atoms with Gasteiger partial charge in [0.15, 0.2) is 0 Å². The van der Waals surface area contributed by atoms with Crippen LogP contribution in [0.25, 0.3) is 0 Å². The third kappa shape index (κ3) is 3.04. The van der Waals surface area contributed by atoms with Crippen LogP contribution in [0.2, 0.25) is 0 Å². The van der Waals surface area contributed by atoms with E-state index in [1.165, 1.54) is 43.0 Å². The highest BCUT2D eigenvalue weighted by Gasteiger charge is 1.96. The van der Waals surface area contributed by atoms with E-state index in [0.29, 0.717) is 0 Å². The van der Waals surface area contributed by atoms with Crippen molar-refractivity contribution in [2.24, 2.45) is 0 Å². The molecule has 1 aliphatic rings. The maximum absolute atomic E-state index is 3.53. The van der Waals surface area contributed by atoms with Crippen LogP contribution < -0.4 is 0 Å². The molecule has 0 fully saturated rings. The zero-order valence-corrected chi connectivity index (χ0v) is 7.28. The predicted octanol–water partition coefficient (Wildman–Crippen LogP) is 3.62. The highest BCUT2D eigenvalue weighted by atomic mass is 79.9. The number of rotatable bonds is 0. The molecule has 1 aliphatic carbocycles. The van der Waals surface area contributed by atoms with Crippen LogP contribution in [-0.4, -0.2) is 0 Å². The summed E-state index contributed by atoms with van der Waals surface area (Å²) >= 11 is 3.53. The minimum absolute atomic E-state index is 1.26. The van der Waals surface area contributed by atoms with Crippen molar-refractivity contribution in [2.45, 2.75) is 38.5 Å². The van der Waals surface area contributed by atoms with E-state index in [-0.39, 0.29) is 0 Å². The van der Waals surface area contributed by atoms with Crippen LogP contribution in [0.3, 0.4) is 0 Å². The van der Waals surface area contributed by atoms with Crippen molar-refractivity contribution < 1.29 is 0 Å². The van der Waals surface area contributed by atoms with Crippen molar-refractivity contribution in [1.29, 1.82) is 0 Å². The molecule has 0 aromatic rings. The second kappa shape index (κ2) is 4.10. The smallest absolute Gasteiger partial charge is 0.00892 e. The van der Waals surface area contributed by atoms with Crippen molar-refractivity contribution in [3.8, 4) is 0 Å². The average molecular weight is 189 g/mol. The van der Waals surface area contributed by atoms with Crippen LogP contribution in [0.15, 0.2) is 10.6 Å². The normalized spacial score (nSPS) is 22.1. The summed E-state index contributed by atoms with van der Waals surface area (Å²) in [6.45, 7) is 0. The van der Waals surface area contributed by atoms with Crippen LogP contribution in [0.4, 0.5) is 0 Å². The summed E-state index contributed by atoms with van der Waals surface area (Å²) in [5, 5.41) is 0. The van der Waals surface area contributed by atoms with Gasteiger partial charge in [-0.15, -0.1) is 0 Å². The Morgan fingerprint density at radius 2 is 1.89 bits per heavy atom. The minimum atomic E-state index is 1.26. The molecule has 9 heavy (non-hydrogen) atoms. The van der Waals surface area contributed by atoms with Gasteiger partial charge < -0.3 is 0 Å². The highest BCUT2D eigenvalue weighted by molar-refractivity contribution is 9.11. The molecule has 0 spiro atoms. The van der Waals surface area contributed by atoms with Crippen molar-refractivity contribution in [3.05, 3.63) is 10.6 Å². The molecule has 0 amide bonds. The van der Waals surface area contributed by atoms with E-state index in [2.05, 4.69) is 22.0 Å². The van der Waals surface area contributed by atoms with Gasteiger partial charge in [-0.05, 0) is 30.2 Å². The molecule has 0 saturated carbocycles. The molecule has 0 aliphatic heterocycles. The van der Waals surface area contributed by atoms with Gasteiger partial charge in [0, 0.05) is 0 Å². The topological polar surface area (TPSA) is 0 Å². The molecule has 0 N–H and O–H groups in total. The average Bonchev–Trinajstić information content (AvgIpc) is 1.79. The lowest BCUT2D eigenvalue weighted by Gasteiger charge is -2.04. The molecule has 0 aromatic heterocycles. The van der Waals surface area contributed by atoms with E-state index in [0.717, 1.165) is 0 Å². The first-order valence-corrected chi connectivity index (χ1v) is 4.53. The highest BCUT2D eigenvalue weighted by Crippen LogP contribution is 2.20. The molecule has 0 saturated heterocycles. The summed E-state index contributed by atoms with van der Waals surface area (Å²) in [6, 6.07) is 0. The maximum Gasteiger partial charge on any atom is -0.00892 e. The van der Waals surface area contributed by atoms with E-state index in [1.54, 1.807) is 0 Å². The lowest BCUT2D eigenvalue weighted by Crippen LogP contribution is -1.83. The van der Waals surface area contributed by atoms with E-state index in [1.807, 2.05) is 0 Å².